The van der Waals surface area contributed by atoms with Crippen molar-refractivity contribution >= 4 is 22.4 Å². The molecule has 3 aromatic heterocycles. The fourth-order valence-electron chi connectivity index (χ4n) is 2.63. The summed E-state index contributed by atoms with van der Waals surface area (Å²) >= 11 is 1.68. The number of aromatic nitrogens is 4. The molecule has 1 atom stereocenters. The second-order valence-corrected chi connectivity index (χ2v) is 6.27. The molecule has 0 aliphatic rings. The van der Waals surface area contributed by atoms with Gasteiger partial charge in [0.05, 0.1) is 21.6 Å². The van der Waals surface area contributed by atoms with E-state index in [0.29, 0.717) is 12.3 Å². The van der Waals surface area contributed by atoms with Crippen LogP contribution in [0, 0.1) is 11.3 Å². The average molecular weight is 311 g/mol. The zero-order valence-electron chi connectivity index (χ0n) is 12.4. The Bertz CT molecular complexity index is 798. The van der Waals surface area contributed by atoms with Gasteiger partial charge in [-0.3, -0.25) is 0 Å². The summed E-state index contributed by atoms with van der Waals surface area (Å²) in [6.45, 7) is 2.17. The molecule has 0 saturated heterocycles. The highest BCUT2D eigenvalue weighted by Gasteiger charge is 2.17. The maximum Gasteiger partial charge on any atom is 0.141 e. The quantitative estimate of drug-likeness (QED) is 0.737. The van der Waals surface area contributed by atoms with Crippen molar-refractivity contribution in [1.82, 2.24) is 19.9 Å². The number of fused-ring (bicyclic) bond motifs is 1. The van der Waals surface area contributed by atoms with Gasteiger partial charge in [0, 0.05) is 30.1 Å². The minimum Gasteiger partial charge on any atom is -0.346 e. The van der Waals surface area contributed by atoms with Crippen LogP contribution in [-0.2, 0) is 0 Å². The van der Waals surface area contributed by atoms with E-state index in [4.69, 9.17) is 5.26 Å². The third-order valence-electron chi connectivity index (χ3n) is 3.70. The Morgan fingerprint density at radius 3 is 3.05 bits per heavy atom. The van der Waals surface area contributed by atoms with Gasteiger partial charge in [-0.25, -0.2) is 15.0 Å². The molecule has 0 fully saturated rings. The summed E-state index contributed by atoms with van der Waals surface area (Å²) in [5.41, 5.74) is 1.76. The zero-order chi connectivity index (χ0) is 15.4. The molecule has 0 radical (unpaired) electrons. The number of nitrogens with one attached hydrogen (secondary N) is 1. The number of hydrogen-bond donors (Lipinski definition) is 1. The van der Waals surface area contributed by atoms with Crippen LogP contribution in [0.1, 0.15) is 43.5 Å². The summed E-state index contributed by atoms with van der Waals surface area (Å²) in [5, 5.41) is 10.9. The molecule has 3 heterocycles. The van der Waals surface area contributed by atoms with Crippen molar-refractivity contribution < 1.29 is 0 Å². The van der Waals surface area contributed by atoms with Crippen LogP contribution < -0.4 is 0 Å². The fraction of sp³-hybridized carbons (Fsp3) is 0.375. The minimum atomic E-state index is 0.368. The molecule has 0 bridgehead atoms. The Morgan fingerprint density at radius 1 is 1.32 bits per heavy atom. The normalized spacial score (nSPS) is 12.4. The first-order valence-corrected chi connectivity index (χ1v) is 8.26. The van der Waals surface area contributed by atoms with Gasteiger partial charge < -0.3 is 4.98 Å². The Hall–Kier alpha value is -2.26. The van der Waals surface area contributed by atoms with E-state index in [1.807, 2.05) is 18.5 Å². The first kappa shape index (κ1) is 14.7. The van der Waals surface area contributed by atoms with Crippen molar-refractivity contribution in [2.75, 3.05) is 0 Å². The minimum absolute atomic E-state index is 0.368. The van der Waals surface area contributed by atoms with Crippen LogP contribution in [0.15, 0.2) is 24.8 Å². The average Bonchev–Trinajstić information content (AvgIpc) is 3.19. The predicted octanol–water partition coefficient (Wildman–Crippen LogP) is 4.27. The van der Waals surface area contributed by atoms with Crippen LogP contribution >= 0.6 is 11.3 Å². The summed E-state index contributed by atoms with van der Waals surface area (Å²) in [6.07, 6.45) is 8.96. The van der Waals surface area contributed by atoms with Gasteiger partial charge >= 0.3 is 0 Å². The molecule has 3 rings (SSSR count). The van der Waals surface area contributed by atoms with Crippen LogP contribution in [0.25, 0.3) is 21.6 Å². The number of aromatic amines is 1. The van der Waals surface area contributed by atoms with Gasteiger partial charge in [0.1, 0.15) is 12.0 Å². The molecule has 3 aromatic rings. The standard InChI is InChI=1S/C16H17N5S/c1-2-4-11(5-3-7-17)16-19-9-13(22-16)14-12-6-8-18-15(12)21-10-20-14/h6,8-11H,2-5H2,1H3,(H,18,20,21)/t11-/m1/s1. The van der Waals surface area contributed by atoms with Gasteiger partial charge in [-0.15, -0.1) is 11.3 Å². The van der Waals surface area contributed by atoms with Crippen LogP contribution in [-0.4, -0.2) is 19.9 Å². The lowest BCUT2D eigenvalue weighted by atomic mass is 9.99. The van der Waals surface area contributed by atoms with Crippen molar-refractivity contribution in [3.05, 3.63) is 29.8 Å². The summed E-state index contributed by atoms with van der Waals surface area (Å²) < 4.78 is 0. The van der Waals surface area contributed by atoms with E-state index in [9.17, 15) is 0 Å². The van der Waals surface area contributed by atoms with Crippen molar-refractivity contribution in [3.8, 4) is 16.6 Å². The molecule has 0 unspecified atom stereocenters. The zero-order valence-corrected chi connectivity index (χ0v) is 13.2. The van der Waals surface area contributed by atoms with Crippen LogP contribution in [0.5, 0.6) is 0 Å². The smallest absolute Gasteiger partial charge is 0.141 e. The van der Waals surface area contributed by atoms with Crippen molar-refractivity contribution in [1.29, 1.82) is 5.26 Å². The van der Waals surface area contributed by atoms with Crippen molar-refractivity contribution in [2.45, 2.75) is 38.5 Å². The predicted molar refractivity (Wildman–Crippen MR) is 87.5 cm³/mol. The molecule has 0 amide bonds. The van der Waals surface area contributed by atoms with Gasteiger partial charge in [0.25, 0.3) is 0 Å². The molecule has 112 valence electrons. The van der Waals surface area contributed by atoms with E-state index < -0.39 is 0 Å². The van der Waals surface area contributed by atoms with E-state index in [1.165, 1.54) is 0 Å². The summed E-state index contributed by atoms with van der Waals surface area (Å²) in [5.74, 6) is 0.368. The highest BCUT2D eigenvalue weighted by Crippen LogP contribution is 2.35. The molecular weight excluding hydrogens is 294 g/mol. The largest absolute Gasteiger partial charge is 0.346 e. The summed E-state index contributed by atoms with van der Waals surface area (Å²) in [4.78, 5) is 17.4. The maximum absolute atomic E-state index is 8.82. The number of nitrogens with zero attached hydrogens (tertiary/aromatic N) is 4. The third-order valence-corrected chi connectivity index (χ3v) is 4.87. The molecule has 0 spiro atoms. The number of thiazole rings is 1. The van der Waals surface area contributed by atoms with E-state index >= 15 is 0 Å². The van der Waals surface area contributed by atoms with Crippen LogP contribution in [0.3, 0.4) is 0 Å². The highest BCUT2D eigenvalue weighted by atomic mass is 32.1. The Labute approximate surface area is 133 Å². The van der Waals surface area contributed by atoms with Crippen LogP contribution in [0.4, 0.5) is 0 Å². The molecule has 1 N–H and O–H groups in total. The summed E-state index contributed by atoms with van der Waals surface area (Å²) in [6, 6.07) is 4.23. The number of nitriles is 1. The van der Waals surface area contributed by atoms with Crippen molar-refractivity contribution in [2.24, 2.45) is 0 Å². The number of rotatable bonds is 6. The van der Waals surface area contributed by atoms with Gasteiger partial charge in [-0.05, 0) is 18.9 Å². The highest BCUT2D eigenvalue weighted by molar-refractivity contribution is 7.15. The van der Waals surface area contributed by atoms with E-state index in [2.05, 4.69) is 32.9 Å². The SMILES string of the molecule is CCC[C@H](CCC#N)c1ncc(-c2ncnc3[nH]ccc23)s1. The Kier molecular flexibility index (Phi) is 4.45. The lowest BCUT2D eigenvalue weighted by molar-refractivity contribution is 0.573. The second kappa shape index (κ2) is 6.67. The lowest BCUT2D eigenvalue weighted by Gasteiger charge is -2.10. The molecule has 0 aliphatic carbocycles. The molecule has 0 aromatic carbocycles. The second-order valence-electron chi connectivity index (χ2n) is 5.21. The van der Waals surface area contributed by atoms with Crippen LogP contribution in [0.2, 0.25) is 0 Å². The molecule has 0 saturated carbocycles. The number of H-pyrrole nitrogens is 1. The molecule has 22 heavy (non-hydrogen) atoms. The van der Waals surface area contributed by atoms with E-state index in [0.717, 1.165) is 45.9 Å². The lowest BCUT2D eigenvalue weighted by Crippen LogP contribution is -1.97. The third kappa shape index (κ3) is 2.85. The van der Waals surface area contributed by atoms with Crippen molar-refractivity contribution in [3.63, 3.8) is 0 Å². The molecule has 0 aliphatic heterocycles. The summed E-state index contributed by atoms with van der Waals surface area (Å²) in [7, 11) is 0. The molecular formula is C16H17N5S. The van der Waals surface area contributed by atoms with Gasteiger partial charge in [-0.2, -0.15) is 5.26 Å². The first-order chi connectivity index (χ1) is 10.8. The van der Waals surface area contributed by atoms with Gasteiger partial charge in [-0.1, -0.05) is 13.3 Å². The Morgan fingerprint density at radius 2 is 2.23 bits per heavy atom. The first-order valence-electron chi connectivity index (χ1n) is 7.44. The number of hydrogen-bond acceptors (Lipinski definition) is 5. The van der Waals surface area contributed by atoms with Gasteiger partial charge in [0.15, 0.2) is 0 Å². The van der Waals surface area contributed by atoms with Gasteiger partial charge in [0.2, 0.25) is 0 Å². The Balaban J connectivity index is 1.92. The monoisotopic (exact) mass is 311 g/mol. The molecule has 5 nitrogen and oxygen atoms in total. The van der Waals surface area contributed by atoms with E-state index in [1.54, 1.807) is 17.7 Å². The fourth-order valence-corrected chi connectivity index (χ4v) is 3.73. The topological polar surface area (TPSA) is 78.2 Å². The maximum atomic E-state index is 8.82. The molecule has 6 heteroatoms. The van der Waals surface area contributed by atoms with E-state index in [-0.39, 0.29) is 0 Å².